The molecular weight excluding hydrogens is 366 g/mol. The molecule has 2 unspecified atom stereocenters. The van der Waals surface area contributed by atoms with Gasteiger partial charge in [-0.3, -0.25) is 0 Å². The van der Waals surface area contributed by atoms with Crippen LogP contribution in [0.5, 0.6) is 5.88 Å². The molecule has 2 rings (SSSR count). The van der Waals surface area contributed by atoms with E-state index in [-0.39, 0.29) is 12.2 Å². The lowest BCUT2D eigenvalue weighted by molar-refractivity contribution is -0.00253. The van der Waals surface area contributed by atoms with Gasteiger partial charge in [-0.15, -0.1) is 0 Å². The number of morpholine rings is 1. The predicted octanol–water partition coefficient (Wildman–Crippen LogP) is 2.24. The molecule has 1 aromatic heterocycles. The van der Waals surface area contributed by atoms with Crippen LogP contribution in [0.1, 0.15) is 6.92 Å². The zero-order valence-electron chi connectivity index (χ0n) is 10.3. The Kier molecular flexibility index (Phi) is 4.80. The third kappa shape index (κ3) is 3.13. The molecule has 2 heterocycles. The maximum Gasteiger partial charge on any atom is 0.232 e. The van der Waals surface area contributed by atoms with Crippen molar-refractivity contribution in [3.63, 3.8) is 0 Å². The van der Waals surface area contributed by atoms with Gasteiger partial charge < -0.3 is 14.4 Å². The lowest BCUT2D eigenvalue weighted by Crippen LogP contribution is -2.48. The number of nitrogens with zero attached hydrogens (tertiary/aromatic N) is 3. The highest BCUT2D eigenvalue weighted by atomic mass is 79.9. The average Bonchev–Trinajstić information content (AvgIpc) is 2.38. The fraction of sp³-hybridized carbons (Fsp3) is 0.636. The van der Waals surface area contributed by atoms with Crippen molar-refractivity contribution in [2.24, 2.45) is 0 Å². The van der Waals surface area contributed by atoms with Crippen LogP contribution in [-0.2, 0) is 4.74 Å². The smallest absolute Gasteiger partial charge is 0.232 e. The van der Waals surface area contributed by atoms with Crippen molar-refractivity contribution in [3.8, 4) is 5.88 Å². The Morgan fingerprint density at radius 2 is 2.33 bits per heavy atom. The van der Waals surface area contributed by atoms with Gasteiger partial charge in [0.25, 0.3) is 0 Å². The van der Waals surface area contributed by atoms with E-state index < -0.39 is 0 Å². The molecule has 0 aromatic carbocycles. The molecule has 1 aliphatic heterocycles. The first kappa shape index (κ1) is 14.0. The number of alkyl halides is 1. The summed E-state index contributed by atoms with van der Waals surface area (Å²) in [6.07, 6.45) is 2.04. The molecule has 0 bridgehead atoms. The summed E-state index contributed by atoms with van der Waals surface area (Å²) in [5, 5.41) is 0.807. The minimum Gasteiger partial charge on any atom is -0.480 e. The van der Waals surface area contributed by atoms with E-state index >= 15 is 0 Å². The number of aromatic nitrogens is 2. The second-order valence-electron chi connectivity index (χ2n) is 4.16. The van der Waals surface area contributed by atoms with E-state index in [0.717, 1.165) is 22.9 Å². The van der Waals surface area contributed by atoms with Gasteiger partial charge in [-0.1, -0.05) is 15.9 Å². The van der Waals surface area contributed by atoms with E-state index in [2.05, 4.69) is 53.7 Å². The summed E-state index contributed by atoms with van der Waals surface area (Å²) in [5.74, 6) is 1.23. The molecule has 100 valence electrons. The Labute approximate surface area is 123 Å². The number of anilines is 1. The van der Waals surface area contributed by atoms with Gasteiger partial charge in [0.1, 0.15) is 0 Å². The normalized spacial score (nSPS) is 24.1. The Morgan fingerprint density at radius 1 is 1.56 bits per heavy atom. The Morgan fingerprint density at radius 3 is 3.00 bits per heavy atom. The Balaban J connectivity index is 2.19. The van der Waals surface area contributed by atoms with Crippen molar-refractivity contribution in [2.75, 3.05) is 30.4 Å². The van der Waals surface area contributed by atoms with E-state index in [1.807, 2.05) is 0 Å². The van der Waals surface area contributed by atoms with Crippen LogP contribution in [0.3, 0.4) is 0 Å². The van der Waals surface area contributed by atoms with Gasteiger partial charge >= 0.3 is 0 Å². The first-order valence-corrected chi connectivity index (χ1v) is 7.58. The summed E-state index contributed by atoms with van der Waals surface area (Å²) >= 11 is 6.80. The number of halogens is 2. The van der Waals surface area contributed by atoms with Crippen molar-refractivity contribution in [1.29, 1.82) is 0 Å². The van der Waals surface area contributed by atoms with Crippen LogP contribution < -0.4 is 9.64 Å². The molecule has 1 aromatic rings. The molecular formula is C11H15Br2N3O2. The molecule has 0 saturated carbocycles. The number of hydrogen-bond acceptors (Lipinski definition) is 5. The average molecular weight is 381 g/mol. The lowest BCUT2D eigenvalue weighted by Gasteiger charge is -2.36. The largest absolute Gasteiger partial charge is 0.480 e. The molecule has 1 aliphatic rings. The molecule has 1 fully saturated rings. The molecule has 0 radical (unpaired) electrons. The van der Waals surface area contributed by atoms with Crippen LogP contribution in [-0.4, -0.2) is 47.7 Å². The molecule has 7 heteroatoms. The highest BCUT2D eigenvalue weighted by Gasteiger charge is 2.26. The zero-order chi connectivity index (χ0) is 13.1. The summed E-state index contributed by atoms with van der Waals surface area (Å²) in [6, 6.07) is 0. The van der Waals surface area contributed by atoms with Gasteiger partial charge in [-0.25, -0.2) is 4.98 Å². The van der Waals surface area contributed by atoms with Crippen LogP contribution in [0.4, 0.5) is 5.95 Å². The van der Waals surface area contributed by atoms with E-state index in [1.54, 1.807) is 13.3 Å². The minimum absolute atomic E-state index is 0.159. The van der Waals surface area contributed by atoms with Crippen LogP contribution in [0.25, 0.3) is 0 Å². The lowest BCUT2D eigenvalue weighted by atomic mass is 10.2. The number of rotatable bonds is 3. The van der Waals surface area contributed by atoms with E-state index in [0.29, 0.717) is 11.8 Å². The van der Waals surface area contributed by atoms with Gasteiger partial charge in [-0.05, 0) is 22.9 Å². The van der Waals surface area contributed by atoms with Crippen molar-refractivity contribution >= 4 is 37.8 Å². The van der Waals surface area contributed by atoms with Gasteiger partial charge in [-0.2, -0.15) is 4.98 Å². The third-order valence-electron chi connectivity index (χ3n) is 2.67. The first-order valence-electron chi connectivity index (χ1n) is 5.67. The second-order valence-corrected chi connectivity index (χ2v) is 5.66. The van der Waals surface area contributed by atoms with Crippen molar-refractivity contribution in [3.05, 3.63) is 10.7 Å². The predicted molar refractivity (Wildman–Crippen MR) is 76.6 cm³/mol. The molecule has 0 N–H and O–H groups in total. The molecule has 18 heavy (non-hydrogen) atoms. The Bertz CT molecular complexity index is 419. The summed E-state index contributed by atoms with van der Waals surface area (Å²) in [4.78, 5) is 10.8. The van der Waals surface area contributed by atoms with Crippen LogP contribution in [0.2, 0.25) is 0 Å². The highest BCUT2D eigenvalue weighted by Crippen LogP contribution is 2.25. The molecule has 1 saturated heterocycles. The molecule has 5 nitrogen and oxygen atoms in total. The molecule has 2 atom stereocenters. The van der Waals surface area contributed by atoms with Crippen LogP contribution in [0.15, 0.2) is 10.7 Å². The third-order valence-corrected chi connectivity index (χ3v) is 3.94. The quantitative estimate of drug-likeness (QED) is 0.752. The van der Waals surface area contributed by atoms with Crippen LogP contribution in [0, 0.1) is 0 Å². The highest BCUT2D eigenvalue weighted by molar-refractivity contribution is 9.10. The van der Waals surface area contributed by atoms with Crippen molar-refractivity contribution in [2.45, 2.75) is 19.1 Å². The van der Waals surface area contributed by atoms with Gasteiger partial charge in [0.15, 0.2) is 0 Å². The topological polar surface area (TPSA) is 47.5 Å². The van der Waals surface area contributed by atoms with Gasteiger partial charge in [0, 0.05) is 18.4 Å². The maximum atomic E-state index is 5.78. The zero-order valence-corrected chi connectivity index (χ0v) is 13.4. The van der Waals surface area contributed by atoms with E-state index in [4.69, 9.17) is 9.47 Å². The SMILES string of the molecule is COc1nc(N2CC(C)OC(CBr)C2)ncc1Br. The molecule has 0 aliphatic carbocycles. The fourth-order valence-electron chi connectivity index (χ4n) is 1.93. The molecule has 0 spiro atoms. The summed E-state index contributed by atoms with van der Waals surface area (Å²) in [6.45, 7) is 3.62. The summed E-state index contributed by atoms with van der Waals surface area (Å²) < 4.78 is 11.7. The fourth-order valence-corrected chi connectivity index (χ4v) is 2.64. The standard InChI is InChI=1S/C11H15Br2N3O2/c1-7-5-16(6-8(3-12)18-7)11-14-4-9(13)10(15-11)17-2/h4,7-8H,3,5-6H2,1-2H3. The Hall–Kier alpha value is -0.400. The first-order chi connectivity index (χ1) is 8.63. The van der Waals surface area contributed by atoms with Gasteiger partial charge in [0.2, 0.25) is 11.8 Å². The second kappa shape index (κ2) is 6.16. The minimum atomic E-state index is 0.159. The monoisotopic (exact) mass is 379 g/mol. The van der Waals surface area contributed by atoms with Crippen molar-refractivity contribution in [1.82, 2.24) is 9.97 Å². The summed E-state index contributed by atoms with van der Waals surface area (Å²) in [5.41, 5.74) is 0. The van der Waals surface area contributed by atoms with E-state index in [9.17, 15) is 0 Å². The van der Waals surface area contributed by atoms with Gasteiger partial charge in [0.05, 0.1) is 30.0 Å². The maximum absolute atomic E-state index is 5.78. The number of hydrogen-bond donors (Lipinski definition) is 0. The van der Waals surface area contributed by atoms with E-state index in [1.165, 1.54) is 0 Å². The molecule has 0 amide bonds. The van der Waals surface area contributed by atoms with Crippen molar-refractivity contribution < 1.29 is 9.47 Å². The number of ether oxygens (including phenoxy) is 2. The summed E-state index contributed by atoms with van der Waals surface area (Å²) in [7, 11) is 1.60. The number of methoxy groups -OCH3 is 1. The van der Waals surface area contributed by atoms with Crippen LogP contribution >= 0.6 is 31.9 Å².